The Labute approximate surface area is 261 Å². The summed E-state index contributed by atoms with van der Waals surface area (Å²) in [7, 11) is 0. The SMILES string of the molecule is CCOC(=O)C1=C(c2ccccc2)N=c2sc(=Cc3cc(C)n(-c4ccc(C(=O)O)cc4)c3C)c(=O)n2[C@@H]1c1ccc(F)cc1. The van der Waals surface area contributed by atoms with E-state index in [2.05, 4.69) is 0 Å². The highest BCUT2D eigenvalue weighted by Crippen LogP contribution is 2.35. The van der Waals surface area contributed by atoms with Gasteiger partial charge in [0.2, 0.25) is 0 Å². The third kappa shape index (κ3) is 5.44. The van der Waals surface area contributed by atoms with Gasteiger partial charge in [0.1, 0.15) is 5.82 Å². The zero-order valence-electron chi connectivity index (χ0n) is 24.7. The average Bonchev–Trinajstić information content (AvgIpc) is 3.50. The summed E-state index contributed by atoms with van der Waals surface area (Å²) in [4.78, 5) is 44.3. The van der Waals surface area contributed by atoms with Gasteiger partial charge in [0, 0.05) is 22.6 Å². The van der Waals surface area contributed by atoms with Crippen LogP contribution in [0.4, 0.5) is 4.39 Å². The summed E-state index contributed by atoms with van der Waals surface area (Å²) in [5.74, 6) is -2.05. The molecule has 0 unspecified atom stereocenters. The number of carboxylic acid groups (broad SMARTS) is 1. The van der Waals surface area contributed by atoms with Crippen LogP contribution in [0.2, 0.25) is 0 Å². The van der Waals surface area contributed by atoms with Gasteiger partial charge in [-0.2, -0.15) is 0 Å². The minimum Gasteiger partial charge on any atom is -0.478 e. The summed E-state index contributed by atoms with van der Waals surface area (Å²) >= 11 is 1.20. The molecule has 8 nitrogen and oxygen atoms in total. The molecular formula is C35H28FN3O5S. The number of fused-ring (bicyclic) bond motifs is 1. The van der Waals surface area contributed by atoms with E-state index in [0.29, 0.717) is 26.2 Å². The molecule has 45 heavy (non-hydrogen) atoms. The van der Waals surface area contributed by atoms with Crippen LogP contribution in [-0.2, 0) is 9.53 Å². The van der Waals surface area contributed by atoms with Crippen LogP contribution in [0.3, 0.4) is 0 Å². The van der Waals surface area contributed by atoms with Crippen LogP contribution in [0.15, 0.2) is 100 Å². The lowest BCUT2D eigenvalue weighted by Gasteiger charge is -2.25. The molecule has 2 aromatic heterocycles. The number of aryl methyl sites for hydroxylation is 1. The van der Waals surface area contributed by atoms with Gasteiger partial charge in [0.25, 0.3) is 5.56 Å². The first-order chi connectivity index (χ1) is 21.7. The third-order valence-corrected chi connectivity index (χ3v) is 8.67. The summed E-state index contributed by atoms with van der Waals surface area (Å²) in [5, 5.41) is 9.28. The minimum absolute atomic E-state index is 0.125. The van der Waals surface area contributed by atoms with Gasteiger partial charge in [-0.05, 0) is 80.4 Å². The highest BCUT2D eigenvalue weighted by molar-refractivity contribution is 7.07. The maximum atomic E-state index is 14.2. The molecule has 6 rings (SSSR count). The topological polar surface area (TPSA) is 103 Å². The molecule has 5 aromatic rings. The van der Waals surface area contributed by atoms with Crippen molar-refractivity contribution in [3.63, 3.8) is 0 Å². The van der Waals surface area contributed by atoms with Gasteiger partial charge in [0.05, 0.1) is 34.0 Å². The number of aromatic carboxylic acids is 1. The molecule has 0 fully saturated rings. The highest BCUT2D eigenvalue weighted by atomic mass is 32.1. The van der Waals surface area contributed by atoms with Crippen molar-refractivity contribution in [2.24, 2.45) is 4.99 Å². The number of rotatable bonds is 7. The van der Waals surface area contributed by atoms with E-state index >= 15 is 0 Å². The Bertz CT molecular complexity index is 2160. The predicted molar refractivity (Wildman–Crippen MR) is 170 cm³/mol. The first-order valence-electron chi connectivity index (χ1n) is 14.2. The van der Waals surface area contributed by atoms with Crippen LogP contribution in [0.1, 0.15) is 51.4 Å². The molecule has 0 aliphatic carbocycles. The molecule has 10 heteroatoms. The quantitative estimate of drug-likeness (QED) is 0.253. The smallest absolute Gasteiger partial charge is 0.338 e. The standard InChI is InChI=1S/C35H28FN3O5S/c1-4-44-34(43)29-30(22-8-6-5-7-9-22)37-35-39(31(29)23-10-14-26(36)15-11-23)32(40)28(45-35)19-25-18-20(2)38(21(25)3)27-16-12-24(13-17-27)33(41)42/h5-19,31H,4H2,1-3H3,(H,41,42)/t31-/m1/s1. The van der Waals surface area contributed by atoms with Gasteiger partial charge in [-0.1, -0.05) is 53.8 Å². The van der Waals surface area contributed by atoms with E-state index < -0.39 is 23.8 Å². The summed E-state index contributed by atoms with van der Waals surface area (Å²) in [5.41, 5.74) is 4.98. The molecule has 3 aromatic carbocycles. The number of thiazole rings is 1. The summed E-state index contributed by atoms with van der Waals surface area (Å²) in [6.07, 6.45) is 1.80. The molecule has 0 bridgehead atoms. The Balaban J connectivity index is 1.56. The van der Waals surface area contributed by atoms with Crippen molar-refractivity contribution in [1.82, 2.24) is 9.13 Å². The second-order valence-corrected chi connectivity index (χ2v) is 11.5. The van der Waals surface area contributed by atoms with Gasteiger partial charge >= 0.3 is 11.9 Å². The Morgan fingerprint density at radius 1 is 1.02 bits per heavy atom. The molecule has 1 aliphatic heterocycles. The largest absolute Gasteiger partial charge is 0.478 e. The van der Waals surface area contributed by atoms with E-state index in [4.69, 9.17) is 9.73 Å². The number of hydrogen-bond acceptors (Lipinski definition) is 6. The van der Waals surface area contributed by atoms with Gasteiger partial charge < -0.3 is 14.4 Å². The van der Waals surface area contributed by atoms with Crippen LogP contribution in [0, 0.1) is 19.7 Å². The van der Waals surface area contributed by atoms with E-state index in [1.54, 1.807) is 49.4 Å². The Morgan fingerprint density at radius 3 is 2.36 bits per heavy atom. The molecule has 0 amide bonds. The molecule has 1 N–H and O–H groups in total. The number of aromatic nitrogens is 2. The number of carboxylic acids is 1. The maximum Gasteiger partial charge on any atom is 0.338 e. The molecule has 0 radical (unpaired) electrons. The lowest BCUT2D eigenvalue weighted by atomic mass is 9.93. The second-order valence-electron chi connectivity index (χ2n) is 10.5. The van der Waals surface area contributed by atoms with Crippen LogP contribution in [0.25, 0.3) is 17.5 Å². The van der Waals surface area contributed by atoms with Crippen molar-refractivity contribution in [2.75, 3.05) is 6.61 Å². The molecule has 0 spiro atoms. The van der Waals surface area contributed by atoms with Crippen molar-refractivity contribution in [1.29, 1.82) is 0 Å². The molecule has 1 atom stereocenters. The number of carbonyl (C=O) groups is 2. The fourth-order valence-corrected chi connectivity index (χ4v) is 6.62. The monoisotopic (exact) mass is 621 g/mol. The zero-order valence-corrected chi connectivity index (χ0v) is 25.5. The Hall–Kier alpha value is -5.35. The van der Waals surface area contributed by atoms with Gasteiger partial charge in [-0.3, -0.25) is 9.36 Å². The van der Waals surface area contributed by atoms with E-state index in [9.17, 15) is 23.9 Å². The Kier molecular flexibility index (Phi) is 7.90. The third-order valence-electron chi connectivity index (χ3n) is 7.69. The second kappa shape index (κ2) is 12.0. The summed E-state index contributed by atoms with van der Waals surface area (Å²) in [6, 6.07) is 22.6. The first kappa shape index (κ1) is 29.7. The van der Waals surface area contributed by atoms with Crippen molar-refractivity contribution in [3.05, 3.63) is 150 Å². The molecule has 226 valence electrons. The summed E-state index contributed by atoms with van der Waals surface area (Å²) in [6.45, 7) is 5.69. The van der Waals surface area contributed by atoms with E-state index in [0.717, 1.165) is 22.6 Å². The first-order valence-corrected chi connectivity index (χ1v) is 15.1. The molecular weight excluding hydrogens is 593 g/mol. The Morgan fingerprint density at radius 2 is 1.71 bits per heavy atom. The molecule has 0 saturated carbocycles. The molecule has 0 saturated heterocycles. The molecule has 1 aliphatic rings. The van der Waals surface area contributed by atoms with Gasteiger partial charge in [-0.15, -0.1) is 0 Å². The lowest BCUT2D eigenvalue weighted by Crippen LogP contribution is -2.40. The van der Waals surface area contributed by atoms with Crippen LogP contribution in [0.5, 0.6) is 0 Å². The number of nitrogens with zero attached hydrogens (tertiary/aromatic N) is 3. The van der Waals surface area contributed by atoms with E-state index in [1.807, 2.05) is 54.8 Å². The molecule has 3 heterocycles. The number of esters is 1. The van der Waals surface area contributed by atoms with Gasteiger partial charge in [-0.25, -0.2) is 19.0 Å². The van der Waals surface area contributed by atoms with Crippen LogP contribution in [-0.4, -0.2) is 32.8 Å². The highest BCUT2D eigenvalue weighted by Gasteiger charge is 2.35. The lowest BCUT2D eigenvalue weighted by molar-refractivity contribution is -0.138. The van der Waals surface area contributed by atoms with Crippen molar-refractivity contribution < 1.29 is 23.8 Å². The number of halogens is 1. The number of hydrogen-bond donors (Lipinski definition) is 1. The van der Waals surface area contributed by atoms with Crippen molar-refractivity contribution in [2.45, 2.75) is 26.8 Å². The summed E-state index contributed by atoms with van der Waals surface area (Å²) < 4.78 is 23.4. The van der Waals surface area contributed by atoms with Gasteiger partial charge in [0.15, 0.2) is 4.80 Å². The fourth-order valence-electron chi connectivity index (χ4n) is 5.63. The average molecular weight is 622 g/mol. The fraction of sp³-hybridized carbons (Fsp3) is 0.143. The van der Waals surface area contributed by atoms with E-state index in [-0.39, 0.29) is 23.3 Å². The number of ether oxygens (including phenoxy) is 1. The van der Waals surface area contributed by atoms with Crippen LogP contribution >= 0.6 is 11.3 Å². The minimum atomic E-state index is -1.00. The number of benzene rings is 3. The predicted octanol–water partition coefficient (Wildman–Crippen LogP) is 5.18. The van der Waals surface area contributed by atoms with Crippen LogP contribution < -0.4 is 14.9 Å². The number of carbonyl (C=O) groups excluding carboxylic acids is 1. The van der Waals surface area contributed by atoms with Crippen molar-refractivity contribution >= 4 is 35.0 Å². The zero-order chi connectivity index (χ0) is 31.8. The van der Waals surface area contributed by atoms with Crippen molar-refractivity contribution in [3.8, 4) is 5.69 Å². The normalized spacial score (nSPS) is 14.7. The maximum absolute atomic E-state index is 14.2. The van der Waals surface area contributed by atoms with E-state index in [1.165, 1.54) is 28.0 Å².